The maximum atomic E-state index is 12.4. The number of ether oxygens (including phenoxy) is 1. The summed E-state index contributed by atoms with van der Waals surface area (Å²) in [5.74, 6) is -0.215. The molecule has 5 nitrogen and oxygen atoms in total. The fourth-order valence-corrected chi connectivity index (χ4v) is 2.20. The highest BCUT2D eigenvalue weighted by Gasteiger charge is 2.38. The largest absolute Gasteiger partial charge is 0.479 e. The monoisotopic (exact) mass is 312 g/mol. The van der Waals surface area contributed by atoms with Crippen LogP contribution in [0.4, 0.5) is 18.9 Å². The van der Waals surface area contributed by atoms with Crippen LogP contribution >= 0.6 is 0 Å². The predicted octanol–water partition coefficient (Wildman–Crippen LogP) is 1.85. The molecule has 2 N–H and O–H groups in total. The number of sulfonamides is 1. The second-order valence-corrected chi connectivity index (χ2v) is 6.44. The van der Waals surface area contributed by atoms with Crippen molar-refractivity contribution in [1.82, 2.24) is 4.31 Å². The van der Waals surface area contributed by atoms with Crippen molar-refractivity contribution in [2.24, 2.45) is 0 Å². The van der Waals surface area contributed by atoms with Gasteiger partial charge in [-0.2, -0.15) is 13.2 Å². The van der Waals surface area contributed by atoms with Crippen LogP contribution in [0.3, 0.4) is 0 Å². The number of benzene rings is 1. The van der Waals surface area contributed by atoms with Gasteiger partial charge in [-0.1, -0.05) is 0 Å². The molecular weight excluding hydrogens is 297 g/mol. The van der Waals surface area contributed by atoms with Gasteiger partial charge in [-0.15, -0.1) is 0 Å². The number of nitrogen functional groups attached to an aromatic ring is 1. The van der Waals surface area contributed by atoms with E-state index < -0.39 is 22.3 Å². The molecule has 0 saturated carbocycles. The fraction of sp³-hybridized carbons (Fsp3) is 0.455. The molecule has 1 atom stereocenters. The molecule has 0 saturated heterocycles. The molecule has 0 aliphatic heterocycles. The first-order chi connectivity index (χ1) is 8.96. The van der Waals surface area contributed by atoms with E-state index in [4.69, 9.17) is 5.73 Å². The average Bonchev–Trinajstić information content (AvgIpc) is 2.29. The van der Waals surface area contributed by atoms with Gasteiger partial charge in [0.2, 0.25) is 10.0 Å². The van der Waals surface area contributed by atoms with Crippen molar-refractivity contribution in [2.45, 2.75) is 24.1 Å². The van der Waals surface area contributed by atoms with Gasteiger partial charge in [-0.05, 0) is 25.1 Å². The Labute approximate surface area is 115 Å². The molecule has 9 heteroatoms. The molecule has 0 heterocycles. The molecule has 1 unspecified atom stereocenters. The molecule has 0 aliphatic rings. The predicted molar refractivity (Wildman–Crippen MR) is 67.9 cm³/mol. The lowest BCUT2D eigenvalue weighted by atomic mass is 10.3. The van der Waals surface area contributed by atoms with Crippen LogP contribution in [0.2, 0.25) is 0 Å². The second kappa shape index (κ2) is 5.49. The number of hydrogen-bond donors (Lipinski definition) is 1. The van der Waals surface area contributed by atoms with Gasteiger partial charge in [-0.25, -0.2) is 12.7 Å². The first-order valence-corrected chi connectivity index (χ1v) is 6.95. The van der Waals surface area contributed by atoms with E-state index in [2.05, 4.69) is 4.74 Å². The van der Waals surface area contributed by atoms with Crippen molar-refractivity contribution in [3.05, 3.63) is 18.2 Å². The van der Waals surface area contributed by atoms with Crippen molar-refractivity contribution in [2.75, 3.05) is 19.8 Å². The van der Waals surface area contributed by atoms with E-state index in [0.717, 1.165) is 29.4 Å². The highest BCUT2D eigenvalue weighted by molar-refractivity contribution is 7.89. The highest BCUT2D eigenvalue weighted by Crippen LogP contribution is 2.30. The maximum Gasteiger partial charge on any atom is 0.425 e. The fourth-order valence-electron chi connectivity index (χ4n) is 1.26. The maximum absolute atomic E-state index is 12.4. The summed E-state index contributed by atoms with van der Waals surface area (Å²) in [6.45, 7) is 0.837. The molecule has 0 fully saturated rings. The molecule has 0 amide bonds. The number of halogens is 3. The molecule has 1 rings (SSSR count). The Bertz CT molecular complexity index is 585. The van der Waals surface area contributed by atoms with Gasteiger partial charge >= 0.3 is 6.18 Å². The minimum atomic E-state index is -4.53. The van der Waals surface area contributed by atoms with Crippen molar-refractivity contribution >= 4 is 15.7 Å². The summed E-state index contributed by atoms with van der Waals surface area (Å²) < 4.78 is 66.4. The Balaban J connectivity index is 3.07. The Morgan fingerprint density at radius 3 is 2.25 bits per heavy atom. The van der Waals surface area contributed by atoms with Gasteiger partial charge in [0.05, 0.1) is 10.6 Å². The van der Waals surface area contributed by atoms with Crippen molar-refractivity contribution in [3.63, 3.8) is 0 Å². The summed E-state index contributed by atoms with van der Waals surface area (Å²) >= 11 is 0. The zero-order valence-corrected chi connectivity index (χ0v) is 11.9. The van der Waals surface area contributed by atoms with Crippen LogP contribution in [-0.4, -0.2) is 39.1 Å². The van der Waals surface area contributed by atoms with E-state index in [1.54, 1.807) is 0 Å². The first-order valence-electron chi connectivity index (χ1n) is 5.51. The molecule has 20 heavy (non-hydrogen) atoms. The van der Waals surface area contributed by atoms with Gasteiger partial charge in [0.25, 0.3) is 0 Å². The van der Waals surface area contributed by atoms with Gasteiger partial charge in [0.15, 0.2) is 6.10 Å². The van der Waals surface area contributed by atoms with Crippen LogP contribution in [0.1, 0.15) is 6.92 Å². The van der Waals surface area contributed by atoms with Gasteiger partial charge in [0, 0.05) is 14.1 Å². The Hall–Kier alpha value is -1.48. The summed E-state index contributed by atoms with van der Waals surface area (Å²) in [5.41, 5.74) is 5.36. The van der Waals surface area contributed by atoms with E-state index in [-0.39, 0.29) is 16.3 Å². The zero-order valence-electron chi connectivity index (χ0n) is 11.1. The summed E-state index contributed by atoms with van der Waals surface area (Å²) in [6.07, 6.45) is -6.57. The summed E-state index contributed by atoms with van der Waals surface area (Å²) in [5, 5.41) is 0. The number of alkyl halides is 3. The van der Waals surface area contributed by atoms with Crippen molar-refractivity contribution in [3.8, 4) is 5.75 Å². The number of nitrogens with zero attached hydrogens (tertiary/aromatic N) is 1. The van der Waals surface area contributed by atoms with Crippen LogP contribution in [0.25, 0.3) is 0 Å². The smallest absolute Gasteiger partial charge is 0.425 e. The van der Waals surface area contributed by atoms with E-state index in [0.29, 0.717) is 0 Å². The van der Waals surface area contributed by atoms with Crippen LogP contribution in [0, 0.1) is 0 Å². The Kier molecular flexibility index (Phi) is 4.55. The Morgan fingerprint density at radius 2 is 1.85 bits per heavy atom. The SMILES string of the molecule is CC(Oc1ccc(S(=O)(=O)N(C)C)cc1N)C(F)(F)F. The van der Waals surface area contributed by atoms with Crippen molar-refractivity contribution < 1.29 is 26.3 Å². The van der Waals surface area contributed by atoms with Gasteiger partial charge < -0.3 is 10.5 Å². The van der Waals surface area contributed by atoms with Crippen LogP contribution < -0.4 is 10.5 Å². The molecular formula is C11H15F3N2O3S. The van der Waals surface area contributed by atoms with Crippen LogP contribution in [0.5, 0.6) is 5.75 Å². The standard InChI is InChI=1S/C11H15F3N2O3S/c1-7(11(12,13)14)19-10-5-4-8(6-9(10)15)20(17,18)16(2)3/h4-7H,15H2,1-3H3. The average molecular weight is 312 g/mol. The van der Waals surface area contributed by atoms with Gasteiger partial charge in [-0.3, -0.25) is 0 Å². The lowest BCUT2D eigenvalue weighted by Crippen LogP contribution is -2.31. The Morgan fingerprint density at radius 1 is 1.30 bits per heavy atom. The topological polar surface area (TPSA) is 72.6 Å². The molecule has 1 aromatic carbocycles. The van der Waals surface area contributed by atoms with Crippen molar-refractivity contribution in [1.29, 1.82) is 0 Å². The molecule has 0 aliphatic carbocycles. The highest BCUT2D eigenvalue weighted by atomic mass is 32.2. The minimum absolute atomic E-state index is 0.119. The third-order valence-electron chi connectivity index (χ3n) is 2.52. The van der Waals surface area contributed by atoms with E-state index in [1.165, 1.54) is 14.1 Å². The summed E-state index contributed by atoms with van der Waals surface area (Å²) in [7, 11) is -1.03. The third-order valence-corrected chi connectivity index (χ3v) is 4.34. The second-order valence-electron chi connectivity index (χ2n) is 4.29. The summed E-state index contributed by atoms with van der Waals surface area (Å²) in [6, 6.07) is 3.31. The number of anilines is 1. The number of nitrogens with two attached hydrogens (primary N) is 1. The molecule has 0 aromatic heterocycles. The van der Waals surface area contributed by atoms with E-state index >= 15 is 0 Å². The first kappa shape index (κ1) is 16.6. The molecule has 0 spiro atoms. The lowest BCUT2D eigenvalue weighted by Gasteiger charge is -2.19. The molecule has 114 valence electrons. The van der Waals surface area contributed by atoms with E-state index in [1.807, 2.05) is 0 Å². The molecule has 0 bridgehead atoms. The lowest BCUT2D eigenvalue weighted by molar-refractivity contribution is -0.189. The number of hydrogen-bond acceptors (Lipinski definition) is 4. The van der Waals surface area contributed by atoms with Crippen LogP contribution in [0.15, 0.2) is 23.1 Å². The van der Waals surface area contributed by atoms with Crippen LogP contribution in [-0.2, 0) is 10.0 Å². The van der Waals surface area contributed by atoms with Gasteiger partial charge in [0.1, 0.15) is 5.75 Å². The molecule has 1 aromatic rings. The molecule has 0 radical (unpaired) electrons. The third kappa shape index (κ3) is 3.54. The normalized spacial score (nSPS) is 14.3. The zero-order chi connectivity index (χ0) is 15.7. The summed E-state index contributed by atoms with van der Waals surface area (Å²) in [4.78, 5) is -0.119. The minimum Gasteiger partial charge on any atom is -0.479 e. The quantitative estimate of drug-likeness (QED) is 0.861. The van der Waals surface area contributed by atoms with E-state index in [9.17, 15) is 21.6 Å². The number of rotatable bonds is 4.